The molecule has 1 aromatic carbocycles. The first-order chi connectivity index (χ1) is 13.4. The quantitative estimate of drug-likeness (QED) is 0.689. The van der Waals surface area contributed by atoms with Gasteiger partial charge in [0.2, 0.25) is 5.78 Å². The van der Waals surface area contributed by atoms with E-state index < -0.39 is 17.7 Å². The Kier molecular flexibility index (Phi) is 6.16. The van der Waals surface area contributed by atoms with E-state index in [1.54, 1.807) is 22.4 Å². The number of amides is 1. The third kappa shape index (κ3) is 3.95. The fourth-order valence-corrected chi connectivity index (χ4v) is 3.90. The maximum Gasteiger partial charge on any atom is 0.290 e. The Bertz CT molecular complexity index is 872. The molecule has 0 spiro atoms. The Morgan fingerprint density at radius 2 is 1.96 bits per heavy atom. The first-order valence-electron chi connectivity index (χ1n) is 9.13. The minimum atomic E-state index is -0.627. The lowest BCUT2D eigenvalue weighted by molar-refractivity contribution is -0.129. The number of carbonyl (C=O) groups excluding carboxylic acids is 2. The topological polar surface area (TPSA) is 70.1 Å². The Hall–Kier alpha value is -2.64. The molecule has 6 nitrogen and oxygen atoms in total. The third-order valence-electron chi connectivity index (χ3n) is 4.59. The first kappa shape index (κ1) is 20.1. The average Bonchev–Trinajstić information content (AvgIpc) is 3.29. The summed E-state index contributed by atoms with van der Waals surface area (Å²) < 4.78 is 5.49. The summed E-state index contributed by atoms with van der Waals surface area (Å²) in [6.07, 6.45) is 0. The molecule has 0 fully saturated rings. The number of aliphatic hydroxyl groups excluding tert-OH is 1. The SMILES string of the molecule is CCOc1ccc(C2C(C(=O)c3cccs3)=C(O)C(=O)N2CCN(C)C)cc1. The summed E-state index contributed by atoms with van der Waals surface area (Å²) in [6.45, 7) is 3.48. The standard InChI is InChI=1S/C21H24N2O4S/c1-4-27-15-9-7-14(8-10-15)18-17(19(24)16-6-5-13-28-16)20(25)21(26)23(18)12-11-22(2)3/h5-10,13,18,25H,4,11-12H2,1-3H3. The van der Waals surface area contributed by atoms with Crippen molar-refractivity contribution in [2.75, 3.05) is 33.8 Å². The highest BCUT2D eigenvalue weighted by atomic mass is 32.1. The van der Waals surface area contributed by atoms with Gasteiger partial charge in [-0.2, -0.15) is 0 Å². The number of hydrogen-bond acceptors (Lipinski definition) is 6. The second-order valence-electron chi connectivity index (χ2n) is 6.78. The van der Waals surface area contributed by atoms with Crippen LogP contribution in [0.1, 0.15) is 28.2 Å². The van der Waals surface area contributed by atoms with Crippen LogP contribution in [-0.2, 0) is 4.79 Å². The van der Waals surface area contributed by atoms with Crippen LogP contribution in [0.15, 0.2) is 53.1 Å². The van der Waals surface area contributed by atoms with Crippen molar-refractivity contribution in [3.8, 4) is 5.75 Å². The number of ketones is 1. The molecule has 0 radical (unpaired) electrons. The summed E-state index contributed by atoms with van der Waals surface area (Å²) in [4.78, 5) is 29.9. The Labute approximate surface area is 168 Å². The van der Waals surface area contributed by atoms with E-state index in [2.05, 4.69) is 0 Å². The van der Waals surface area contributed by atoms with Crippen molar-refractivity contribution in [2.45, 2.75) is 13.0 Å². The lowest BCUT2D eigenvalue weighted by Crippen LogP contribution is -2.36. The van der Waals surface area contributed by atoms with Crippen molar-refractivity contribution in [1.29, 1.82) is 0 Å². The van der Waals surface area contributed by atoms with Gasteiger partial charge in [0.05, 0.1) is 23.1 Å². The molecule has 1 N–H and O–H groups in total. The van der Waals surface area contributed by atoms with Crippen molar-refractivity contribution in [2.24, 2.45) is 0 Å². The average molecular weight is 401 g/mol. The normalized spacial score (nSPS) is 16.9. The predicted octanol–water partition coefficient (Wildman–Crippen LogP) is 3.29. The fraction of sp³-hybridized carbons (Fsp3) is 0.333. The number of thiophene rings is 1. The van der Waals surface area contributed by atoms with Crippen LogP contribution in [0.5, 0.6) is 5.75 Å². The van der Waals surface area contributed by atoms with Gasteiger partial charge in [0.25, 0.3) is 5.91 Å². The summed E-state index contributed by atoms with van der Waals surface area (Å²) >= 11 is 1.29. The predicted molar refractivity (Wildman–Crippen MR) is 109 cm³/mol. The van der Waals surface area contributed by atoms with Crippen LogP contribution in [0.25, 0.3) is 0 Å². The number of hydrogen-bond donors (Lipinski definition) is 1. The van der Waals surface area contributed by atoms with Crippen molar-refractivity contribution in [3.63, 3.8) is 0 Å². The van der Waals surface area contributed by atoms with E-state index in [0.717, 1.165) is 11.3 Å². The maximum absolute atomic E-state index is 13.1. The van der Waals surface area contributed by atoms with Gasteiger partial charge < -0.3 is 19.6 Å². The summed E-state index contributed by atoms with van der Waals surface area (Å²) in [5.74, 6) is -0.571. The smallest absolute Gasteiger partial charge is 0.290 e. The molecule has 0 saturated heterocycles. The number of rotatable bonds is 8. The van der Waals surface area contributed by atoms with Crippen LogP contribution in [0.3, 0.4) is 0 Å². The molecule has 148 valence electrons. The van der Waals surface area contributed by atoms with E-state index in [4.69, 9.17) is 4.74 Å². The Morgan fingerprint density at radius 1 is 1.25 bits per heavy atom. The number of carbonyl (C=O) groups is 2. The minimum Gasteiger partial charge on any atom is -0.503 e. The molecule has 1 aliphatic heterocycles. The van der Waals surface area contributed by atoms with Crippen molar-refractivity contribution < 1.29 is 19.4 Å². The van der Waals surface area contributed by atoms with Gasteiger partial charge in [0.1, 0.15) is 5.75 Å². The lowest BCUT2D eigenvalue weighted by atomic mass is 9.95. The highest BCUT2D eigenvalue weighted by Gasteiger charge is 2.43. The van der Waals surface area contributed by atoms with Gasteiger partial charge in [-0.05, 0) is 50.2 Å². The van der Waals surface area contributed by atoms with Gasteiger partial charge in [0, 0.05) is 13.1 Å². The molecular formula is C21H24N2O4S. The fourth-order valence-electron chi connectivity index (χ4n) is 3.22. The third-order valence-corrected chi connectivity index (χ3v) is 5.46. The van der Waals surface area contributed by atoms with E-state index in [0.29, 0.717) is 24.6 Å². The van der Waals surface area contributed by atoms with Crippen LogP contribution in [0, 0.1) is 0 Å². The molecular weight excluding hydrogens is 376 g/mol. The molecule has 3 rings (SSSR count). The van der Waals surface area contributed by atoms with Crippen LogP contribution in [0.4, 0.5) is 0 Å². The number of likely N-dealkylation sites (N-methyl/N-ethyl adjacent to an activating group) is 1. The zero-order valence-electron chi connectivity index (χ0n) is 16.2. The van der Waals surface area contributed by atoms with Gasteiger partial charge in [-0.15, -0.1) is 11.3 Å². The van der Waals surface area contributed by atoms with Crippen molar-refractivity contribution in [3.05, 3.63) is 63.6 Å². The minimum absolute atomic E-state index is 0.135. The molecule has 1 amide bonds. The van der Waals surface area contributed by atoms with E-state index in [1.165, 1.54) is 11.3 Å². The molecule has 2 aromatic rings. The Morgan fingerprint density at radius 3 is 2.54 bits per heavy atom. The van der Waals surface area contributed by atoms with E-state index in [-0.39, 0.29) is 11.4 Å². The number of Topliss-reactive ketones (excluding diaryl/α,β-unsaturated/α-hetero) is 1. The van der Waals surface area contributed by atoms with Gasteiger partial charge in [-0.1, -0.05) is 18.2 Å². The molecule has 0 aliphatic carbocycles. The largest absolute Gasteiger partial charge is 0.503 e. The van der Waals surface area contributed by atoms with Crippen molar-refractivity contribution in [1.82, 2.24) is 9.80 Å². The monoisotopic (exact) mass is 400 g/mol. The summed E-state index contributed by atoms with van der Waals surface area (Å²) in [6, 6.07) is 10.2. The molecule has 28 heavy (non-hydrogen) atoms. The zero-order chi connectivity index (χ0) is 20.3. The molecule has 7 heteroatoms. The molecule has 0 bridgehead atoms. The van der Waals surface area contributed by atoms with Gasteiger partial charge >= 0.3 is 0 Å². The van der Waals surface area contributed by atoms with Crippen LogP contribution >= 0.6 is 11.3 Å². The van der Waals surface area contributed by atoms with E-state index >= 15 is 0 Å². The molecule has 1 aromatic heterocycles. The van der Waals surface area contributed by atoms with Gasteiger partial charge in [-0.25, -0.2) is 0 Å². The molecule has 1 aliphatic rings. The maximum atomic E-state index is 13.1. The van der Waals surface area contributed by atoms with Gasteiger partial charge in [0.15, 0.2) is 5.76 Å². The highest BCUT2D eigenvalue weighted by Crippen LogP contribution is 2.39. The summed E-state index contributed by atoms with van der Waals surface area (Å²) in [7, 11) is 3.83. The molecule has 2 heterocycles. The molecule has 1 atom stereocenters. The number of benzene rings is 1. The van der Waals surface area contributed by atoms with Crippen LogP contribution in [0.2, 0.25) is 0 Å². The van der Waals surface area contributed by atoms with E-state index in [1.807, 2.05) is 50.2 Å². The van der Waals surface area contributed by atoms with Crippen LogP contribution in [-0.4, -0.2) is 60.4 Å². The highest BCUT2D eigenvalue weighted by molar-refractivity contribution is 7.12. The number of ether oxygens (including phenoxy) is 1. The second-order valence-corrected chi connectivity index (χ2v) is 7.72. The Balaban J connectivity index is 2.01. The first-order valence-corrected chi connectivity index (χ1v) is 10.0. The van der Waals surface area contributed by atoms with Gasteiger partial charge in [-0.3, -0.25) is 9.59 Å². The number of aliphatic hydroxyl groups is 1. The van der Waals surface area contributed by atoms with Crippen molar-refractivity contribution >= 4 is 23.0 Å². The molecule has 0 saturated carbocycles. The summed E-state index contributed by atoms with van der Waals surface area (Å²) in [5.41, 5.74) is 0.898. The molecule has 1 unspecified atom stereocenters. The zero-order valence-corrected chi connectivity index (χ0v) is 17.0. The van der Waals surface area contributed by atoms with E-state index in [9.17, 15) is 14.7 Å². The lowest BCUT2D eigenvalue weighted by Gasteiger charge is -2.28. The second kappa shape index (κ2) is 8.58. The number of nitrogens with zero attached hydrogens (tertiary/aromatic N) is 2. The summed E-state index contributed by atoms with van der Waals surface area (Å²) in [5, 5.41) is 12.4. The van der Waals surface area contributed by atoms with Crippen LogP contribution < -0.4 is 4.74 Å².